The van der Waals surface area contributed by atoms with Crippen LogP contribution < -0.4 is 5.32 Å². The van der Waals surface area contributed by atoms with Crippen molar-refractivity contribution >= 4 is 0 Å². The van der Waals surface area contributed by atoms with Crippen LogP contribution in [0.3, 0.4) is 0 Å². The maximum atomic E-state index is 13.1. The van der Waals surface area contributed by atoms with Crippen molar-refractivity contribution in [3.05, 3.63) is 35.1 Å². The molecule has 0 aromatic heterocycles. The molecule has 0 radical (unpaired) electrons. The summed E-state index contributed by atoms with van der Waals surface area (Å²) in [7, 11) is 0. The molecule has 2 heteroatoms. The summed E-state index contributed by atoms with van der Waals surface area (Å²) >= 11 is 0. The Morgan fingerprint density at radius 3 is 2.33 bits per heavy atom. The zero-order chi connectivity index (χ0) is 14.4. The van der Waals surface area contributed by atoms with Gasteiger partial charge in [-0.3, -0.25) is 0 Å². The second kappa shape index (κ2) is 5.39. The van der Waals surface area contributed by atoms with Gasteiger partial charge in [0.05, 0.1) is 0 Å². The van der Waals surface area contributed by atoms with Crippen molar-refractivity contribution in [1.29, 1.82) is 0 Å². The first-order chi connectivity index (χ1) is 10.2. The Kier molecular flexibility index (Phi) is 3.53. The fourth-order valence-corrected chi connectivity index (χ4v) is 5.57. The van der Waals surface area contributed by atoms with E-state index in [-0.39, 0.29) is 5.82 Å². The smallest absolute Gasteiger partial charge is 0.123 e. The summed E-state index contributed by atoms with van der Waals surface area (Å²) in [4.78, 5) is 0. The van der Waals surface area contributed by atoms with Crippen LogP contribution in [0.25, 0.3) is 0 Å². The highest BCUT2D eigenvalue weighted by molar-refractivity contribution is 5.26. The summed E-state index contributed by atoms with van der Waals surface area (Å²) in [5.41, 5.74) is 2.37. The van der Waals surface area contributed by atoms with E-state index < -0.39 is 0 Å². The Labute approximate surface area is 127 Å². The molecule has 114 valence electrons. The van der Waals surface area contributed by atoms with Gasteiger partial charge in [-0.05, 0) is 98.9 Å². The van der Waals surface area contributed by atoms with E-state index in [0.717, 1.165) is 48.2 Å². The fraction of sp³-hybridized carbons (Fsp3) is 0.684. The van der Waals surface area contributed by atoms with Gasteiger partial charge in [-0.2, -0.15) is 0 Å². The van der Waals surface area contributed by atoms with Crippen molar-refractivity contribution in [1.82, 2.24) is 5.32 Å². The minimum Gasteiger partial charge on any atom is -0.313 e. The first kappa shape index (κ1) is 13.8. The van der Waals surface area contributed by atoms with Crippen LogP contribution in [0.15, 0.2) is 18.2 Å². The largest absolute Gasteiger partial charge is 0.313 e. The molecule has 0 heterocycles. The monoisotopic (exact) mass is 287 g/mol. The average molecular weight is 287 g/mol. The minimum atomic E-state index is -0.120. The Bertz CT molecular complexity index is 496. The molecule has 0 amide bonds. The van der Waals surface area contributed by atoms with Crippen LogP contribution in [0.1, 0.15) is 43.2 Å². The van der Waals surface area contributed by atoms with E-state index >= 15 is 0 Å². The first-order valence-electron chi connectivity index (χ1n) is 8.67. The summed E-state index contributed by atoms with van der Waals surface area (Å²) in [6.45, 7) is 3.06. The average Bonchev–Trinajstić information content (AvgIpc) is 2.43. The maximum absolute atomic E-state index is 13.1. The molecule has 4 saturated carbocycles. The molecule has 4 fully saturated rings. The highest BCUT2D eigenvalue weighted by Crippen LogP contribution is 2.53. The molecule has 1 aromatic rings. The third kappa shape index (κ3) is 2.63. The Balaban J connectivity index is 1.35. The molecule has 4 aliphatic rings. The van der Waals surface area contributed by atoms with Gasteiger partial charge < -0.3 is 5.32 Å². The normalized spacial score (nSPS) is 37.1. The van der Waals surface area contributed by atoms with E-state index in [4.69, 9.17) is 0 Å². The number of hydrogen-bond acceptors (Lipinski definition) is 1. The molecule has 0 unspecified atom stereocenters. The zero-order valence-electron chi connectivity index (χ0n) is 12.9. The van der Waals surface area contributed by atoms with Crippen molar-refractivity contribution in [2.24, 2.45) is 23.7 Å². The first-order valence-corrected chi connectivity index (χ1v) is 8.67. The van der Waals surface area contributed by atoms with Crippen LogP contribution in [-0.2, 0) is 6.42 Å². The van der Waals surface area contributed by atoms with Crippen LogP contribution in [0.2, 0.25) is 0 Å². The summed E-state index contributed by atoms with van der Waals surface area (Å²) in [5.74, 6) is 3.85. The molecule has 1 N–H and O–H groups in total. The van der Waals surface area contributed by atoms with E-state index in [9.17, 15) is 4.39 Å². The SMILES string of the molecule is Cc1cc(F)ccc1CCNC1C2CC3CC(C2)CC1C3. The number of hydrogen-bond donors (Lipinski definition) is 1. The van der Waals surface area contributed by atoms with Gasteiger partial charge in [0, 0.05) is 6.04 Å². The Morgan fingerprint density at radius 1 is 1.05 bits per heavy atom. The number of rotatable bonds is 4. The van der Waals surface area contributed by atoms with Crippen molar-refractivity contribution < 1.29 is 4.39 Å². The van der Waals surface area contributed by atoms with E-state index in [1.807, 2.05) is 13.0 Å². The van der Waals surface area contributed by atoms with Crippen molar-refractivity contribution in [2.75, 3.05) is 6.54 Å². The molecule has 4 aliphatic carbocycles. The quantitative estimate of drug-likeness (QED) is 0.879. The number of halogens is 1. The Hall–Kier alpha value is -0.890. The lowest BCUT2D eigenvalue weighted by atomic mass is 9.54. The van der Waals surface area contributed by atoms with E-state index in [1.54, 1.807) is 12.1 Å². The van der Waals surface area contributed by atoms with Gasteiger partial charge >= 0.3 is 0 Å². The van der Waals surface area contributed by atoms with Crippen molar-refractivity contribution in [3.8, 4) is 0 Å². The predicted molar refractivity (Wildman–Crippen MR) is 83.7 cm³/mol. The van der Waals surface area contributed by atoms with Crippen LogP contribution >= 0.6 is 0 Å². The van der Waals surface area contributed by atoms with Crippen LogP contribution in [0.5, 0.6) is 0 Å². The molecule has 4 bridgehead atoms. The third-order valence-corrected chi connectivity index (χ3v) is 6.31. The molecule has 0 aliphatic heterocycles. The lowest BCUT2D eigenvalue weighted by Crippen LogP contribution is -2.54. The molecule has 0 spiro atoms. The molecule has 5 rings (SSSR count). The summed E-state index contributed by atoms with van der Waals surface area (Å²) in [6.07, 6.45) is 8.43. The molecular weight excluding hydrogens is 261 g/mol. The number of aryl methyl sites for hydroxylation is 1. The van der Waals surface area contributed by atoms with E-state index in [1.165, 1.54) is 37.7 Å². The van der Waals surface area contributed by atoms with Crippen molar-refractivity contribution in [2.45, 2.75) is 51.5 Å². The number of nitrogens with one attached hydrogen (secondary N) is 1. The molecule has 0 atom stereocenters. The molecule has 21 heavy (non-hydrogen) atoms. The van der Waals surface area contributed by atoms with Crippen LogP contribution in [0, 0.1) is 36.4 Å². The van der Waals surface area contributed by atoms with Crippen LogP contribution in [0.4, 0.5) is 4.39 Å². The zero-order valence-corrected chi connectivity index (χ0v) is 12.9. The second-order valence-electron chi connectivity index (χ2n) is 7.73. The summed E-state index contributed by atoms with van der Waals surface area (Å²) in [6, 6.07) is 5.95. The summed E-state index contributed by atoms with van der Waals surface area (Å²) in [5, 5.41) is 3.86. The third-order valence-electron chi connectivity index (χ3n) is 6.31. The lowest BCUT2D eigenvalue weighted by molar-refractivity contribution is -0.0133. The molecule has 1 nitrogen and oxygen atoms in total. The topological polar surface area (TPSA) is 12.0 Å². The molecule has 1 aromatic carbocycles. The number of benzene rings is 1. The van der Waals surface area contributed by atoms with Gasteiger partial charge in [0.15, 0.2) is 0 Å². The van der Waals surface area contributed by atoms with E-state index in [2.05, 4.69) is 5.32 Å². The van der Waals surface area contributed by atoms with Gasteiger partial charge in [0.25, 0.3) is 0 Å². The van der Waals surface area contributed by atoms with Gasteiger partial charge in [-0.15, -0.1) is 0 Å². The Morgan fingerprint density at radius 2 is 1.71 bits per heavy atom. The van der Waals surface area contributed by atoms with Gasteiger partial charge in [0.2, 0.25) is 0 Å². The second-order valence-corrected chi connectivity index (χ2v) is 7.73. The maximum Gasteiger partial charge on any atom is 0.123 e. The lowest BCUT2D eigenvalue weighted by Gasteiger charge is -2.54. The van der Waals surface area contributed by atoms with E-state index in [0.29, 0.717) is 0 Å². The van der Waals surface area contributed by atoms with Gasteiger partial charge in [-0.1, -0.05) is 6.07 Å². The fourth-order valence-electron chi connectivity index (χ4n) is 5.57. The van der Waals surface area contributed by atoms with Crippen molar-refractivity contribution in [3.63, 3.8) is 0 Å². The standard InChI is InChI=1S/C19H26FN/c1-12-6-18(20)3-2-15(12)4-5-21-19-16-8-13-7-14(10-16)11-17(19)9-13/h2-3,6,13-14,16-17,19,21H,4-5,7-11H2,1H3. The molecular formula is C19H26FN. The highest BCUT2D eigenvalue weighted by Gasteiger charge is 2.47. The van der Waals surface area contributed by atoms with Gasteiger partial charge in [-0.25, -0.2) is 4.39 Å². The van der Waals surface area contributed by atoms with Crippen LogP contribution in [-0.4, -0.2) is 12.6 Å². The summed E-state index contributed by atoms with van der Waals surface area (Å²) < 4.78 is 13.1. The predicted octanol–water partition coefficient (Wildman–Crippen LogP) is 4.09. The highest BCUT2D eigenvalue weighted by atomic mass is 19.1. The molecule has 0 saturated heterocycles. The minimum absolute atomic E-state index is 0.120. The van der Waals surface area contributed by atoms with Gasteiger partial charge in [0.1, 0.15) is 5.82 Å².